The molecule has 0 aromatic carbocycles. The van der Waals surface area contributed by atoms with E-state index in [0.717, 1.165) is 25.0 Å². The molecule has 1 aliphatic rings. The molecule has 0 aromatic heterocycles. The minimum atomic E-state index is -0.658. The second-order valence-electron chi connectivity index (χ2n) is 2.80. The summed E-state index contributed by atoms with van der Waals surface area (Å²) in [6, 6.07) is 0. The predicted octanol–water partition coefficient (Wildman–Crippen LogP) is 1.85. The Kier molecular flexibility index (Phi) is 3.61. The molecule has 74 valence electrons. The first-order valence-corrected chi connectivity index (χ1v) is 4.26. The van der Waals surface area contributed by atoms with Crippen LogP contribution >= 0.6 is 0 Å². The number of ether oxygens (including phenoxy) is 3. The molecule has 0 fully saturated rings. The van der Waals surface area contributed by atoms with Gasteiger partial charge in [-0.05, 0) is 25.3 Å². The molecule has 0 saturated heterocycles. The fourth-order valence-corrected chi connectivity index (χ4v) is 1.32. The van der Waals surface area contributed by atoms with E-state index in [-0.39, 0.29) is 6.10 Å². The highest BCUT2D eigenvalue weighted by Crippen LogP contribution is 2.21. The summed E-state index contributed by atoms with van der Waals surface area (Å²) in [6.45, 7) is 0. The van der Waals surface area contributed by atoms with Crippen LogP contribution in [0.25, 0.3) is 0 Å². The second kappa shape index (κ2) is 4.74. The standard InChI is InChI=1S/C9H14O4/c1-11-7-5-3-4-6-8(7)13-9(10)12-2/h5,8H,3-4,6H2,1-2H3. The molecule has 0 N–H and O–H groups in total. The Hall–Kier alpha value is -1.19. The minimum absolute atomic E-state index is 0.272. The molecule has 1 atom stereocenters. The third-order valence-electron chi connectivity index (χ3n) is 1.97. The van der Waals surface area contributed by atoms with E-state index < -0.39 is 6.16 Å². The maximum Gasteiger partial charge on any atom is 0.508 e. The summed E-state index contributed by atoms with van der Waals surface area (Å²) < 4.78 is 14.5. The Morgan fingerprint density at radius 1 is 1.54 bits per heavy atom. The Bertz CT molecular complexity index is 210. The third-order valence-corrected chi connectivity index (χ3v) is 1.97. The number of carbonyl (C=O) groups excluding carboxylic acids is 1. The highest BCUT2D eigenvalue weighted by atomic mass is 16.7. The first-order chi connectivity index (χ1) is 6.27. The van der Waals surface area contributed by atoms with E-state index in [0.29, 0.717) is 0 Å². The lowest BCUT2D eigenvalue weighted by molar-refractivity contribution is 0.0233. The highest BCUT2D eigenvalue weighted by Gasteiger charge is 2.22. The summed E-state index contributed by atoms with van der Waals surface area (Å²) in [7, 11) is 2.87. The van der Waals surface area contributed by atoms with E-state index >= 15 is 0 Å². The van der Waals surface area contributed by atoms with E-state index in [1.807, 2.05) is 6.08 Å². The minimum Gasteiger partial charge on any atom is -0.497 e. The van der Waals surface area contributed by atoms with Crippen LogP contribution in [0.2, 0.25) is 0 Å². The molecule has 1 unspecified atom stereocenters. The predicted molar refractivity (Wildman–Crippen MR) is 46.2 cm³/mol. The zero-order valence-electron chi connectivity index (χ0n) is 7.91. The Morgan fingerprint density at radius 3 is 2.92 bits per heavy atom. The molecule has 4 heteroatoms. The number of allylic oxidation sites excluding steroid dienone is 1. The SMILES string of the molecule is COC(=O)OC1CCCC=C1OC. The van der Waals surface area contributed by atoms with Crippen molar-refractivity contribution in [2.75, 3.05) is 14.2 Å². The van der Waals surface area contributed by atoms with Gasteiger partial charge in [0.05, 0.1) is 14.2 Å². The van der Waals surface area contributed by atoms with Crippen LogP contribution in [0.15, 0.2) is 11.8 Å². The lowest BCUT2D eigenvalue weighted by atomic mass is 10.0. The van der Waals surface area contributed by atoms with Gasteiger partial charge in [0.2, 0.25) is 0 Å². The molecule has 0 radical (unpaired) electrons. The normalized spacial score (nSPS) is 21.7. The molecular formula is C9H14O4. The maximum atomic E-state index is 10.8. The van der Waals surface area contributed by atoms with Crippen LogP contribution in [-0.4, -0.2) is 26.5 Å². The van der Waals surface area contributed by atoms with Crippen LogP contribution < -0.4 is 0 Å². The van der Waals surface area contributed by atoms with E-state index in [1.54, 1.807) is 7.11 Å². The molecule has 0 saturated carbocycles. The van der Waals surface area contributed by atoms with Crippen LogP contribution in [0.1, 0.15) is 19.3 Å². The van der Waals surface area contributed by atoms with Crippen molar-refractivity contribution in [1.82, 2.24) is 0 Å². The summed E-state index contributed by atoms with van der Waals surface area (Å²) in [5.74, 6) is 0.719. The number of methoxy groups -OCH3 is 2. The molecule has 4 nitrogen and oxygen atoms in total. The molecule has 0 spiro atoms. The van der Waals surface area contributed by atoms with E-state index in [1.165, 1.54) is 7.11 Å². The summed E-state index contributed by atoms with van der Waals surface area (Å²) in [5.41, 5.74) is 0. The summed E-state index contributed by atoms with van der Waals surface area (Å²) in [6.07, 6.45) is 3.80. The van der Waals surface area contributed by atoms with Crippen molar-refractivity contribution in [1.29, 1.82) is 0 Å². The van der Waals surface area contributed by atoms with Crippen LogP contribution in [0.5, 0.6) is 0 Å². The Labute approximate surface area is 77.5 Å². The van der Waals surface area contributed by atoms with Gasteiger partial charge in [-0.1, -0.05) is 0 Å². The molecule has 0 aliphatic heterocycles. The lowest BCUT2D eigenvalue weighted by Crippen LogP contribution is -2.23. The van der Waals surface area contributed by atoms with Gasteiger partial charge in [0.25, 0.3) is 0 Å². The molecule has 0 heterocycles. The quantitative estimate of drug-likeness (QED) is 0.617. The van der Waals surface area contributed by atoms with Crippen molar-refractivity contribution in [3.05, 3.63) is 11.8 Å². The van der Waals surface area contributed by atoms with Crippen LogP contribution in [-0.2, 0) is 14.2 Å². The largest absolute Gasteiger partial charge is 0.508 e. The van der Waals surface area contributed by atoms with E-state index in [2.05, 4.69) is 4.74 Å². The fraction of sp³-hybridized carbons (Fsp3) is 0.667. The van der Waals surface area contributed by atoms with Crippen LogP contribution in [0, 0.1) is 0 Å². The van der Waals surface area contributed by atoms with Gasteiger partial charge < -0.3 is 14.2 Å². The third kappa shape index (κ3) is 2.65. The number of rotatable bonds is 2. The van der Waals surface area contributed by atoms with Crippen molar-refractivity contribution in [2.24, 2.45) is 0 Å². The van der Waals surface area contributed by atoms with Crippen molar-refractivity contribution in [3.8, 4) is 0 Å². The van der Waals surface area contributed by atoms with Gasteiger partial charge in [0.1, 0.15) is 5.76 Å². The smallest absolute Gasteiger partial charge is 0.497 e. The van der Waals surface area contributed by atoms with Gasteiger partial charge in [-0.15, -0.1) is 0 Å². The van der Waals surface area contributed by atoms with Gasteiger partial charge in [-0.25, -0.2) is 4.79 Å². The van der Waals surface area contributed by atoms with Gasteiger partial charge in [0, 0.05) is 0 Å². The van der Waals surface area contributed by atoms with Gasteiger partial charge >= 0.3 is 6.16 Å². The highest BCUT2D eigenvalue weighted by molar-refractivity contribution is 5.60. The molecule has 1 rings (SSSR count). The molecular weight excluding hydrogens is 172 g/mol. The average molecular weight is 186 g/mol. The summed E-state index contributed by atoms with van der Waals surface area (Å²) in [5, 5.41) is 0. The molecule has 0 aromatic rings. The molecule has 13 heavy (non-hydrogen) atoms. The zero-order valence-corrected chi connectivity index (χ0v) is 7.91. The van der Waals surface area contributed by atoms with Crippen LogP contribution in [0.4, 0.5) is 4.79 Å². The van der Waals surface area contributed by atoms with Crippen molar-refractivity contribution in [3.63, 3.8) is 0 Å². The number of hydrogen-bond donors (Lipinski definition) is 0. The lowest BCUT2D eigenvalue weighted by Gasteiger charge is -2.22. The van der Waals surface area contributed by atoms with E-state index in [4.69, 9.17) is 9.47 Å². The van der Waals surface area contributed by atoms with Gasteiger partial charge in [-0.2, -0.15) is 0 Å². The average Bonchev–Trinajstić information content (AvgIpc) is 2.18. The van der Waals surface area contributed by atoms with Crippen molar-refractivity contribution in [2.45, 2.75) is 25.4 Å². The molecule has 0 bridgehead atoms. The van der Waals surface area contributed by atoms with Crippen molar-refractivity contribution >= 4 is 6.16 Å². The molecule has 1 aliphatic carbocycles. The number of hydrogen-bond acceptors (Lipinski definition) is 4. The van der Waals surface area contributed by atoms with E-state index in [9.17, 15) is 4.79 Å². The first kappa shape index (κ1) is 9.89. The van der Waals surface area contributed by atoms with Crippen molar-refractivity contribution < 1.29 is 19.0 Å². The van der Waals surface area contributed by atoms with Gasteiger partial charge in [-0.3, -0.25) is 0 Å². The topological polar surface area (TPSA) is 44.8 Å². The molecule has 0 amide bonds. The second-order valence-corrected chi connectivity index (χ2v) is 2.80. The Balaban J connectivity index is 2.52. The summed E-state index contributed by atoms with van der Waals surface area (Å²) in [4.78, 5) is 10.8. The van der Waals surface area contributed by atoms with Crippen LogP contribution in [0.3, 0.4) is 0 Å². The van der Waals surface area contributed by atoms with Gasteiger partial charge in [0.15, 0.2) is 6.10 Å². The first-order valence-electron chi connectivity index (χ1n) is 4.26. The summed E-state index contributed by atoms with van der Waals surface area (Å²) >= 11 is 0. The maximum absolute atomic E-state index is 10.8. The Morgan fingerprint density at radius 2 is 2.31 bits per heavy atom. The fourth-order valence-electron chi connectivity index (χ4n) is 1.32. The zero-order chi connectivity index (χ0) is 9.68. The monoisotopic (exact) mass is 186 g/mol. The number of carbonyl (C=O) groups is 1.